The van der Waals surface area contributed by atoms with Gasteiger partial charge in [-0.05, 0) is 83.6 Å². The molecule has 7 heteroatoms. The van der Waals surface area contributed by atoms with Gasteiger partial charge in [-0.15, -0.1) is 0 Å². The summed E-state index contributed by atoms with van der Waals surface area (Å²) in [6, 6.07) is 28.0. The Labute approximate surface area is 243 Å². The Balaban J connectivity index is 1.08. The minimum absolute atomic E-state index is 0.182. The molecule has 3 amide bonds. The number of aryl methyl sites for hydroxylation is 2. The summed E-state index contributed by atoms with van der Waals surface area (Å²) in [7, 11) is 0. The van der Waals surface area contributed by atoms with Gasteiger partial charge in [0, 0.05) is 17.5 Å². The number of benzene rings is 4. The standard InChI is InChI=1S/C35H28N2O5/c1-19-11-14-22(17-20(19)2)36-28(38)18-42-35(41)21-12-15-23(16-13-21)37-33(39)31-29-24-7-3-4-8-25(24)30(32(31)34(37)40)27-10-6-5-9-26(27)29/h3-17,29-32H,18H2,1-2H3,(H,36,38)/t29?,30?,31-,32-/m0/s1. The quantitative estimate of drug-likeness (QED) is 0.259. The summed E-state index contributed by atoms with van der Waals surface area (Å²) in [5.74, 6) is -2.88. The van der Waals surface area contributed by atoms with Crippen LogP contribution in [0.25, 0.3) is 0 Å². The lowest BCUT2D eigenvalue weighted by Gasteiger charge is -2.45. The highest BCUT2D eigenvalue weighted by atomic mass is 16.5. The van der Waals surface area contributed by atoms with Gasteiger partial charge >= 0.3 is 5.97 Å². The zero-order valence-electron chi connectivity index (χ0n) is 23.2. The Bertz CT molecular complexity index is 1680. The molecule has 2 atom stereocenters. The van der Waals surface area contributed by atoms with Crippen LogP contribution < -0.4 is 10.2 Å². The molecule has 4 aromatic carbocycles. The summed E-state index contributed by atoms with van der Waals surface area (Å²) >= 11 is 0. The first-order valence-electron chi connectivity index (χ1n) is 14.0. The van der Waals surface area contributed by atoms with Crippen molar-refractivity contribution in [3.05, 3.63) is 130 Å². The number of hydrogen-bond donors (Lipinski definition) is 1. The molecular formula is C35H28N2O5. The molecule has 3 aliphatic carbocycles. The van der Waals surface area contributed by atoms with Crippen LogP contribution in [0, 0.1) is 25.7 Å². The molecule has 0 unspecified atom stereocenters. The first-order chi connectivity index (χ1) is 20.3. The fourth-order valence-corrected chi connectivity index (χ4v) is 6.91. The Kier molecular flexibility index (Phi) is 6.04. The molecule has 1 saturated heterocycles. The normalized spacial score (nSPS) is 21.4. The van der Waals surface area contributed by atoms with Crippen molar-refractivity contribution in [1.82, 2.24) is 0 Å². The van der Waals surface area contributed by atoms with Gasteiger partial charge in [0.1, 0.15) is 0 Å². The minimum atomic E-state index is -0.673. The molecule has 4 aliphatic rings. The lowest BCUT2D eigenvalue weighted by Crippen LogP contribution is -2.41. The van der Waals surface area contributed by atoms with E-state index in [1.54, 1.807) is 18.2 Å². The summed E-state index contributed by atoms with van der Waals surface area (Å²) in [6.07, 6.45) is 0. The van der Waals surface area contributed by atoms with E-state index in [1.807, 2.05) is 50.2 Å². The number of nitrogens with one attached hydrogen (secondary N) is 1. The van der Waals surface area contributed by atoms with E-state index < -0.39 is 30.3 Å². The number of ether oxygens (including phenoxy) is 1. The lowest BCUT2D eigenvalue weighted by molar-refractivity contribution is -0.122. The first-order valence-corrected chi connectivity index (χ1v) is 14.0. The van der Waals surface area contributed by atoms with Gasteiger partial charge in [-0.25, -0.2) is 9.69 Å². The van der Waals surface area contributed by atoms with Gasteiger partial charge in [-0.3, -0.25) is 14.4 Å². The molecule has 1 heterocycles. The number of rotatable bonds is 5. The molecule has 1 fully saturated rings. The number of anilines is 2. The van der Waals surface area contributed by atoms with E-state index in [-0.39, 0.29) is 29.2 Å². The highest BCUT2D eigenvalue weighted by molar-refractivity contribution is 6.23. The molecule has 0 spiro atoms. The van der Waals surface area contributed by atoms with E-state index in [2.05, 4.69) is 29.6 Å². The summed E-state index contributed by atoms with van der Waals surface area (Å²) < 4.78 is 5.21. The Morgan fingerprint density at radius 1 is 0.714 bits per heavy atom. The summed E-state index contributed by atoms with van der Waals surface area (Å²) in [5, 5.41) is 2.72. The first kappa shape index (κ1) is 25.9. The Morgan fingerprint density at radius 3 is 1.74 bits per heavy atom. The zero-order chi connectivity index (χ0) is 29.1. The van der Waals surface area contributed by atoms with Gasteiger partial charge in [-0.2, -0.15) is 0 Å². The van der Waals surface area contributed by atoms with Gasteiger partial charge in [0.15, 0.2) is 6.61 Å². The molecule has 4 aromatic rings. The topological polar surface area (TPSA) is 92.8 Å². The van der Waals surface area contributed by atoms with Crippen LogP contribution in [0.2, 0.25) is 0 Å². The highest BCUT2D eigenvalue weighted by Crippen LogP contribution is 2.61. The SMILES string of the molecule is Cc1ccc(NC(=O)COC(=O)c2ccc(N3C(=O)[C@H]4C5c6ccccc6C(c6ccccc65)[C@@H]4C3=O)cc2)cc1C. The summed E-state index contributed by atoms with van der Waals surface area (Å²) in [4.78, 5) is 54.1. The van der Waals surface area contributed by atoms with Crippen LogP contribution >= 0.6 is 0 Å². The van der Waals surface area contributed by atoms with Crippen molar-refractivity contribution in [1.29, 1.82) is 0 Å². The van der Waals surface area contributed by atoms with Crippen LogP contribution in [-0.2, 0) is 19.1 Å². The number of hydrogen-bond acceptors (Lipinski definition) is 5. The van der Waals surface area contributed by atoms with E-state index in [0.717, 1.165) is 33.4 Å². The molecule has 1 aliphatic heterocycles. The van der Waals surface area contributed by atoms with Gasteiger partial charge in [0.2, 0.25) is 11.8 Å². The van der Waals surface area contributed by atoms with Crippen LogP contribution in [0.1, 0.15) is 55.6 Å². The van der Waals surface area contributed by atoms with Gasteiger partial charge in [-0.1, -0.05) is 54.6 Å². The van der Waals surface area contributed by atoms with E-state index in [4.69, 9.17) is 4.74 Å². The summed E-state index contributed by atoms with van der Waals surface area (Å²) in [5.41, 5.74) is 7.88. The number of carbonyl (C=O) groups is 4. The van der Waals surface area contributed by atoms with E-state index >= 15 is 0 Å². The Hall–Kier alpha value is -5.04. The van der Waals surface area contributed by atoms with Crippen LogP contribution in [0.5, 0.6) is 0 Å². The van der Waals surface area contributed by atoms with Crippen molar-refractivity contribution in [2.75, 3.05) is 16.8 Å². The monoisotopic (exact) mass is 556 g/mol. The van der Waals surface area contributed by atoms with Crippen LogP contribution in [-0.4, -0.2) is 30.3 Å². The van der Waals surface area contributed by atoms with E-state index in [1.165, 1.54) is 17.0 Å². The van der Waals surface area contributed by atoms with Gasteiger partial charge in [0.05, 0.1) is 23.1 Å². The average molecular weight is 557 g/mol. The van der Waals surface area contributed by atoms with Crippen molar-refractivity contribution < 1.29 is 23.9 Å². The predicted octanol–water partition coefficient (Wildman–Crippen LogP) is 5.50. The number of esters is 1. The fourth-order valence-electron chi connectivity index (χ4n) is 6.91. The molecule has 0 aromatic heterocycles. The van der Waals surface area contributed by atoms with Gasteiger partial charge < -0.3 is 10.1 Å². The molecule has 208 valence electrons. The van der Waals surface area contributed by atoms with E-state index in [0.29, 0.717) is 11.4 Å². The van der Waals surface area contributed by atoms with Crippen molar-refractivity contribution in [3.8, 4) is 0 Å². The third kappa shape index (κ3) is 3.96. The van der Waals surface area contributed by atoms with Crippen LogP contribution in [0.3, 0.4) is 0 Å². The molecule has 0 saturated carbocycles. The summed E-state index contributed by atoms with van der Waals surface area (Å²) in [6.45, 7) is 3.50. The average Bonchev–Trinajstić information content (AvgIpc) is 3.28. The molecule has 8 rings (SSSR count). The third-order valence-corrected chi connectivity index (χ3v) is 8.93. The molecular weight excluding hydrogens is 528 g/mol. The second-order valence-corrected chi connectivity index (χ2v) is 11.2. The number of nitrogens with zero attached hydrogens (tertiary/aromatic N) is 1. The van der Waals surface area contributed by atoms with Crippen molar-refractivity contribution in [2.45, 2.75) is 25.7 Å². The second kappa shape index (κ2) is 9.80. The second-order valence-electron chi connectivity index (χ2n) is 11.2. The van der Waals surface area contributed by atoms with Crippen molar-refractivity contribution >= 4 is 35.1 Å². The van der Waals surface area contributed by atoms with E-state index in [9.17, 15) is 19.2 Å². The van der Waals surface area contributed by atoms with Crippen molar-refractivity contribution in [2.24, 2.45) is 11.8 Å². The Morgan fingerprint density at radius 2 is 1.24 bits per heavy atom. The maximum absolute atomic E-state index is 13.9. The zero-order valence-corrected chi connectivity index (χ0v) is 23.2. The van der Waals surface area contributed by atoms with Gasteiger partial charge in [0.25, 0.3) is 5.91 Å². The molecule has 42 heavy (non-hydrogen) atoms. The molecule has 1 N–H and O–H groups in total. The maximum atomic E-state index is 13.9. The lowest BCUT2D eigenvalue weighted by atomic mass is 9.55. The predicted molar refractivity (Wildman–Crippen MR) is 157 cm³/mol. The highest BCUT2D eigenvalue weighted by Gasteiger charge is 2.61. The number of carbonyl (C=O) groups excluding carboxylic acids is 4. The molecule has 7 nitrogen and oxygen atoms in total. The third-order valence-electron chi connectivity index (χ3n) is 8.93. The smallest absolute Gasteiger partial charge is 0.338 e. The van der Waals surface area contributed by atoms with Crippen LogP contribution in [0.15, 0.2) is 91.0 Å². The van der Waals surface area contributed by atoms with Crippen molar-refractivity contribution in [3.63, 3.8) is 0 Å². The maximum Gasteiger partial charge on any atom is 0.338 e. The fraction of sp³-hybridized carbons (Fsp3) is 0.200. The number of imide groups is 1. The van der Waals surface area contributed by atoms with Crippen LogP contribution in [0.4, 0.5) is 11.4 Å². The largest absolute Gasteiger partial charge is 0.452 e. The number of amides is 3. The minimum Gasteiger partial charge on any atom is -0.452 e. The molecule has 2 bridgehead atoms. The molecule has 0 radical (unpaired) electrons.